The Labute approximate surface area is 187 Å². The maximum atomic E-state index is 8.78. The molecule has 0 bridgehead atoms. The Balaban J connectivity index is 3.00. The van der Waals surface area contributed by atoms with E-state index in [1.54, 1.807) is 0 Å². The van der Waals surface area contributed by atoms with E-state index in [-0.39, 0.29) is 0 Å². The van der Waals surface area contributed by atoms with E-state index in [4.69, 9.17) is 20.4 Å². The second kappa shape index (κ2) is 25.1. The molecule has 4 N–H and O–H groups in total. The van der Waals surface area contributed by atoms with E-state index in [1.807, 2.05) is 0 Å². The SMILES string of the molecule is OC(O)CCCCCCCCCCCCCCCCCCCCCCCCC(O)O. The topological polar surface area (TPSA) is 80.9 Å². The van der Waals surface area contributed by atoms with E-state index in [9.17, 15) is 0 Å². The molecule has 0 atom stereocenters. The molecule has 0 aliphatic carbocycles. The van der Waals surface area contributed by atoms with Crippen molar-refractivity contribution in [3.8, 4) is 0 Å². The Kier molecular flexibility index (Phi) is 25.0. The molecule has 30 heavy (non-hydrogen) atoms. The second-order valence-electron chi connectivity index (χ2n) is 9.32. The highest BCUT2D eigenvalue weighted by Gasteiger charge is 1.99. The number of hydrogen-bond donors (Lipinski definition) is 4. The van der Waals surface area contributed by atoms with Crippen LogP contribution in [0.15, 0.2) is 0 Å². The van der Waals surface area contributed by atoms with Crippen LogP contribution in [0.5, 0.6) is 0 Å². The Morgan fingerprint density at radius 2 is 0.367 bits per heavy atom. The van der Waals surface area contributed by atoms with Gasteiger partial charge in [0.05, 0.1) is 0 Å². The minimum Gasteiger partial charge on any atom is -0.368 e. The highest BCUT2D eigenvalue weighted by molar-refractivity contribution is 4.52. The minimum atomic E-state index is -1.11. The molecule has 0 aromatic carbocycles. The summed E-state index contributed by atoms with van der Waals surface area (Å²) in [5.74, 6) is 0. The van der Waals surface area contributed by atoms with Crippen molar-refractivity contribution in [1.29, 1.82) is 0 Å². The summed E-state index contributed by atoms with van der Waals surface area (Å²) < 4.78 is 0. The smallest absolute Gasteiger partial charge is 0.151 e. The van der Waals surface area contributed by atoms with E-state index in [1.165, 1.54) is 116 Å². The van der Waals surface area contributed by atoms with Gasteiger partial charge >= 0.3 is 0 Å². The fourth-order valence-electron chi connectivity index (χ4n) is 4.19. The Morgan fingerprint density at radius 1 is 0.233 bits per heavy atom. The lowest BCUT2D eigenvalue weighted by atomic mass is 10.0. The van der Waals surface area contributed by atoms with Gasteiger partial charge in [0.2, 0.25) is 0 Å². The highest BCUT2D eigenvalue weighted by Crippen LogP contribution is 2.15. The molecule has 4 heteroatoms. The van der Waals surface area contributed by atoms with Gasteiger partial charge in [0.1, 0.15) is 0 Å². The number of hydrogen-bond acceptors (Lipinski definition) is 4. The average molecular weight is 431 g/mol. The summed E-state index contributed by atoms with van der Waals surface area (Å²) >= 11 is 0. The van der Waals surface area contributed by atoms with Crippen LogP contribution in [0.25, 0.3) is 0 Å². The highest BCUT2D eigenvalue weighted by atomic mass is 16.5. The summed E-state index contributed by atoms with van der Waals surface area (Å²) in [6.07, 6.45) is 27.5. The third-order valence-electron chi connectivity index (χ3n) is 6.17. The molecule has 0 unspecified atom stereocenters. The summed E-state index contributed by atoms with van der Waals surface area (Å²) in [6.45, 7) is 0. The van der Waals surface area contributed by atoms with Crippen LogP contribution >= 0.6 is 0 Å². The van der Waals surface area contributed by atoms with Gasteiger partial charge in [0.15, 0.2) is 12.6 Å². The molecular weight excluding hydrogens is 376 g/mol. The maximum absolute atomic E-state index is 8.78. The van der Waals surface area contributed by atoms with Crippen LogP contribution in [0, 0.1) is 0 Å². The molecule has 182 valence electrons. The van der Waals surface area contributed by atoms with Crippen LogP contribution in [0.4, 0.5) is 0 Å². The van der Waals surface area contributed by atoms with Gasteiger partial charge in [-0.3, -0.25) is 0 Å². The molecule has 0 saturated heterocycles. The monoisotopic (exact) mass is 430 g/mol. The van der Waals surface area contributed by atoms with E-state index in [2.05, 4.69) is 0 Å². The quantitative estimate of drug-likeness (QED) is 0.0931. The molecule has 0 aliphatic heterocycles. The van der Waals surface area contributed by atoms with E-state index >= 15 is 0 Å². The van der Waals surface area contributed by atoms with Crippen molar-refractivity contribution in [2.24, 2.45) is 0 Å². The fourth-order valence-corrected chi connectivity index (χ4v) is 4.19. The molecule has 0 saturated carbocycles. The predicted molar refractivity (Wildman–Crippen MR) is 127 cm³/mol. The summed E-state index contributed by atoms with van der Waals surface area (Å²) in [5.41, 5.74) is 0. The molecule has 0 rings (SSSR count). The molecule has 0 aromatic rings. The normalized spacial score (nSPS) is 11.8. The lowest BCUT2D eigenvalue weighted by molar-refractivity contribution is -0.0472. The van der Waals surface area contributed by atoms with Gasteiger partial charge in [0.25, 0.3) is 0 Å². The first-order chi connectivity index (χ1) is 14.6. The molecule has 4 nitrogen and oxygen atoms in total. The maximum Gasteiger partial charge on any atom is 0.151 e. The van der Waals surface area contributed by atoms with E-state index < -0.39 is 12.6 Å². The van der Waals surface area contributed by atoms with Crippen molar-refractivity contribution in [2.75, 3.05) is 0 Å². The van der Waals surface area contributed by atoms with Crippen molar-refractivity contribution in [1.82, 2.24) is 0 Å². The van der Waals surface area contributed by atoms with E-state index in [0.29, 0.717) is 12.8 Å². The van der Waals surface area contributed by atoms with Gasteiger partial charge in [-0.2, -0.15) is 0 Å². The predicted octanol–water partition coefficient (Wildman–Crippen LogP) is 6.97. The summed E-state index contributed by atoms with van der Waals surface area (Å²) in [6, 6.07) is 0. The first-order valence-corrected chi connectivity index (χ1v) is 13.3. The molecular formula is C26H54O4. The van der Waals surface area contributed by atoms with Crippen LogP contribution in [0.3, 0.4) is 0 Å². The summed E-state index contributed by atoms with van der Waals surface area (Å²) in [5, 5.41) is 35.1. The van der Waals surface area contributed by atoms with Crippen molar-refractivity contribution < 1.29 is 20.4 Å². The average Bonchev–Trinajstić information content (AvgIpc) is 2.70. The molecule has 0 spiro atoms. The molecule has 0 aromatic heterocycles. The lowest BCUT2D eigenvalue weighted by Crippen LogP contribution is -2.02. The third kappa shape index (κ3) is 27.8. The largest absolute Gasteiger partial charge is 0.368 e. The van der Waals surface area contributed by atoms with Gasteiger partial charge in [-0.15, -0.1) is 0 Å². The zero-order chi connectivity index (χ0) is 22.1. The van der Waals surface area contributed by atoms with Gasteiger partial charge in [0, 0.05) is 0 Å². The van der Waals surface area contributed by atoms with Gasteiger partial charge in [-0.1, -0.05) is 128 Å². The first kappa shape index (κ1) is 29.8. The molecule has 0 aliphatic rings. The fraction of sp³-hybridized carbons (Fsp3) is 1.00. The second-order valence-corrected chi connectivity index (χ2v) is 9.32. The van der Waals surface area contributed by atoms with Crippen LogP contribution < -0.4 is 0 Å². The van der Waals surface area contributed by atoms with E-state index in [0.717, 1.165) is 25.7 Å². The van der Waals surface area contributed by atoms with Crippen molar-refractivity contribution in [2.45, 2.75) is 167 Å². The zero-order valence-corrected chi connectivity index (χ0v) is 19.9. The minimum absolute atomic E-state index is 0.529. The Morgan fingerprint density at radius 3 is 0.500 bits per heavy atom. The Bertz CT molecular complexity index is 277. The van der Waals surface area contributed by atoms with Crippen LogP contribution in [0.2, 0.25) is 0 Å². The number of rotatable bonds is 25. The Hall–Kier alpha value is -0.160. The number of aliphatic hydroxyl groups is 4. The number of unbranched alkanes of at least 4 members (excludes halogenated alkanes) is 21. The number of aliphatic hydroxyl groups excluding tert-OH is 2. The van der Waals surface area contributed by atoms with Crippen LogP contribution in [-0.2, 0) is 0 Å². The van der Waals surface area contributed by atoms with Crippen LogP contribution in [0.1, 0.15) is 154 Å². The molecule has 0 heterocycles. The van der Waals surface area contributed by atoms with Crippen molar-refractivity contribution >= 4 is 0 Å². The first-order valence-electron chi connectivity index (χ1n) is 13.3. The molecule has 0 fully saturated rings. The molecule has 0 radical (unpaired) electrons. The van der Waals surface area contributed by atoms with Gasteiger partial charge < -0.3 is 20.4 Å². The lowest BCUT2D eigenvalue weighted by Gasteiger charge is -2.05. The van der Waals surface area contributed by atoms with Gasteiger partial charge in [-0.25, -0.2) is 0 Å². The third-order valence-corrected chi connectivity index (χ3v) is 6.17. The standard InChI is InChI=1S/C26H54O4/c27-25(28)23-21-19-17-15-13-11-9-7-5-3-1-2-4-6-8-10-12-14-16-18-20-22-24-26(29)30/h25-30H,1-24H2. The summed E-state index contributed by atoms with van der Waals surface area (Å²) in [4.78, 5) is 0. The van der Waals surface area contributed by atoms with Crippen LogP contribution in [-0.4, -0.2) is 33.0 Å². The zero-order valence-electron chi connectivity index (χ0n) is 19.9. The summed E-state index contributed by atoms with van der Waals surface area (Å²) in [7, 11) is 0. The molecule has 0 amide bonds. The van der Waals surface area contributed by atoms with Crippen molar-refractivity contribution in [3.05, 3.63) is 0 Å². The van der Waals surface area contributed by atoms with Crippen molar-refractivity contribution in [3.63, 3.8) is 0 Å². The van der Waals surface area contributed by atoms with Gasteiger partial charge in [-0.05, 0) is 25.7 Å².